The molecule has 0 aliphatic heterocycles. The van der Waals surface area contributed by atoms with Gasteiger partial charge in [-0.15, -0.1) is 0 Å². The Hall–Kier alpha value is 0.312. The summed E-state index contributed by atoms with van der Waals surface area (Å²) < 4.78 is 0. The Labute approximate surface area is 167 Å². The zero-order valence-corrected chi connectivity index (χ0v) is 20.6. The normalized spacial score (nSPS) is 13.9. The second-order valence-corrected chi connectivity index (χ2v) is 15.5. The number of rotatable bonds is 1. The van der Waals surface area contributed by atoms with Gasteiger partial charge in [0.05, 0.1) is 15.6 Å². The molecule has 0 aliphatic rings. The summed E-state index contributed by atoms with van der Waals surface area (Å²) in [6, 6.07) is 7.47. The van der Waals surface area contributed by atoms with Crippen molar-refractivity contribution in [3.05, 3.63) is 29.3 Å². The summed E-state index contributed by atoms with van der Waals surface area (Å²) in [6.45, 7) is 28.5. The van der Waals surface area contributed by atoms with E-state index in [-0.39, 0.29) is 31.3 Å². The molecule has 0 bridgehead atoms. The van der Waals surface area contributed by atoms with Crippen molar-refractivity contribution >= 4 is 13.2 Å². The van der Waals surface area contributed by atoms with E-state index in [0.29, 0.717) is 10.3 Å². The van der Waals surface area contributed by atoms with Crippen LogP contribution in [0.15, 0.2) is 18.2 Å². The van der Waals surface area contributed by atoms with Gasteiger partial charge in [0.1, 0.15) is 0 Å². The van der Waals surface area contributed by atoms with Crippen LogP contribution in [0.5, 0.6) is 0 Å². The van der Waals surface area contributed by atoms with Crippen molar-refractivity contribution in [1.29, 1.82) is 0 Å². The molecule has 0 radical (unpaired) electrons. The minimum absolute atomic E-state index is 0. The van der Waals surface area contributed by atoms with Gasteiger partial charge in [-0.05, 0) is 75.6 Å². The fourth-order valence-electron chi connectivity index (χ4n) is 3.63. The third kappa shape index (κ3) is 6.24. The van der Waals surface area contributed by atoms with Crippen molar-refractivity contribution in [3.8, 4) is 0 Å². The molecule has 1 rings (SSSR count). The van der Waals surface area contributed by atoms with E-state index < -0.39 is 7.92 Å². The van der Waals surface area contributed by atoms with Crippen LogP contribution in [0.4, 0.5) is 0 Å². The first kappa shape index (κ1) is 24.3. The van der Waals surface area contributed by atoms with Crippen molar-refractivity contribution < 1.29 is 20.4 Å². The summed E-state index contributed by atoms with van der Waals surface area (Å²) in [5, 5.41) is 2.29. The van der Waals surface area contributed by atoms with Crippen molar-refractivity contribution in [2.75, 3.05) is 0 Å². The molecule has 0 fully saturated rings. The first-order chi connectivity index (χ1) is 9.94. The van der Waals surface area contributed by atoms with E-state index >= 15 is 0 Å². The molecule has 1 aromatic rings. The largest absolute Gasteiger partial charge is 0.0931 e. The molecule has 0 amide bonds. The van der Waals surface area contributed by atoms with Crippen LogP contribution in [0, 0.1) is 0 Å². The molecule has 2 heteroatoms. The second kappa shape index (κ2) is 7.51. The van der Waals surface area contributed by atoms with Crippen molar-refractivity contribution in [2.45, 2.75) is 104 Å². The van der Waals surface area contributed by atoms with E-state index in [1.165, 1.54) is 11.1 Å². The fraction of sp³-hybridized carbons (Fsp3) is 0.727. The van der Waals surface area contributed by atoms with Gasteiger partial charge in [0.15, 0.2) is 0 Å². The number of benzene rings is 1. The first-order valence-electron chi connectivity index (χ1n) is 8.98. The van der Waals surface area contributed by atoms with Gasteiger partial charge >= 0.3 is 0 Å². The summed E-state index contributed by atoms with van der Waals surface area (Å²) in [4.78, 5) is 0. The molecule has 24 heavy (non-hydrogen) atoms. The van der Waals surface area contributed by atoms with Gasteiger partial charge in [-0.2, -0.15) is 0 Å². The van der Waals surface area contributed by atoms with Crippen LogP contribution in [0.25, 0.3) is 0 Å². The molecule has 0 heterocycles. The van der Waals surface area contributed by atoms with Gasteiger partial charge < -0.3 is 0 Å². The molecule has 0 aromatic heterocycles. The van der Waals surface area contributed by atoms with E-state index in [1.807, 2.05) is 0 Å². The molecule has 0 nitrogen and oxygen atoms in total. The molecule has 0 saturated carbocycles. The molecule has 1 aromatic carbocycles. The average Bonchev–Trinajstić information content (AvgIpc) is 2.21. The Bertz CT molecular complexity index is 499. The Kier molecular flexibility index (Phi) is 7.61. The molecule has 142 valence electrons. The van der Waals surface area contributed by atoms with Crippen LogP contribution in [0.3, 0.4) is 0 Å². The number of hydrogen-bond donors (Lipinski definition) is 0. The van der Waals surface area contributed by atoms with Crippen molar-refractivity contribution in [2.24, 2.45) is 0 Å². The predicted molar refractivity (Wildman–Crippen MR) is 111 cm³/mol. The zero-order valence-electron chi connectivity index (χ0n) is 18.0. The topological polar surface area (TPSA) is 0 Å². The van der Waals surface area contributed by atoms with E-state index in [9.17, 15) is 0 Å². The smallest absolute Gasteiger partial charge is 0.0561 e. The van der Waals surface area contributed by atoms with Gasteiger partial charge in [0.25, 0.3) is 0 Å². The summed E-state index contributed by atoms with van der Waals surface area (Å²) >= 11 is 0. The molecule has 0 unspecified atom stereocenters. The van der Waals surface area contributed by atoms with E-state index in [0.717, 1.165) is 0 Å². The summed E-state index contributed by atoms with van der Waals surface area (Å²) in [6.07, 6.45) is 0. The van der Waals surface area contributed by atoms with Gasteiger partial charge in [-0.3, -0.25) is 0 Å². The average molecular weight is 442 g/mol. The van der Waals surface area contributed by atoms with E-state index in [2.05, 4.69) is 101 Å². The maximum Gasteiger partial charge on any atom is 0.0931 e. The van der Waals surface area contributed by atoms with Crippen LogP contribution in [0.1, 0.15) is 94.2 Å². The molecule has 0 spiro atoms. The Balaban J connectivity index is 0.00000529. The predicted octanol–water partition coefficient (Wildman–Crippen LogP) is 6.72. The monoisotopic (exact) mass is 441 g/mol. The third-order valence-corrected chi connectivity index (χ3v) is 8.32. The van der Waals surface area contributed by atoms with Crippen molar-refractivity contribution in [3.63, 3.8) is 0 Å². The maximum atomic E-state index is 2.51. The standard InChI is InChI=1S/C22H39P.Pd/c1-19(2,3)16-13-17(20(4,5)6)15-18(14-16)23(21(7,8)9)22(10,11)12;/h13-15H,1-12H3;/p+1. The SMILES string of the molecule is CC(C)(C)c1cc([PH+](C(C)(C)C)C(C)(C)C)cc(C(C)(C)C)c1.[Pd]. The quantitative estimate of drug-likeness (QED) is 0.335. The van der Waals surface area contributed by atoms with Crippen LogP contribution in [0.2, 0.25) is 0 Å². The van der Waals surface area contributed by atoms with E-state index in [1.54, 1.807) is 5.30 Å². The third-order valence-electron chi connectivity index (χ3n) is 4.45. The minimum Gasteiger partial charge on any atom is -0.0561 e. The molecular weight excluding hydrogens is 402 g/mol. The first-order valence-corrected chi connectivity index (χ1v) is 10.5. The molecule has 0 saturated heterocycles. The van der Waals surface area contributed by atoms with Gasteiger partial charge in [-0.1, -0.05) is 47.6 Å². The Morgan fingerprint density at radius 2 is 0.833 bits per heavy atom. The van der Waals surface area contributed by atoms with Crippen LogP contribution < -0.4 is 5.30 Å². The van der Waals surface area contributed by atoms with Crippen LogP contribution in [-0.4, -0.2) is 10.3 Å². The molecular formula is C22H40PPd+. The van der Waals surface area contributed by atoms with Gasteiger partial charge in [0.2, 0.25) is 0 Å². The molecule has 0 atom stereocenters. The molecule has 0 N–H and O–H groups in total. The Morgan fingerprint density at radius 3 is 1.04 bits per heavy atom. The zero-order chi connectivity index (χ0) is 18.4. The summed E-state index contributed by atoms with van der Waals surface area (Å²) in [5.74, 6) is 0. The Morgan fingerprint density at radius 1 is 0.542 bits per heavy atom. The fourth-order valence-corrected chi connectivity index (χ4v) is 8.21. The van der Waals surface area contributed by atoms with Crippen molar-refractivity contribution in [1.82, 2.24) is 0 Å². The summed E-state index contributed by atoms with van der Waals surface area (Å²) in [7, 11) is -0.717. The molecule has 0 aliphatic carbocycles. The second-order valence-electron chi connectivity index (χ2n) is 11.2. The van der Waals surface area contributed by atoms with Crippen LogP contribution >= 0.6 is 7.92 Å². The van der Waals surface area contributed by atoms with Gasteiger partial charge in [-0.25, -0.2) is 0 Å². The minimum atomic E-state index is -0.717. The van der Waals surface area contributed by atoms with E-state index in [4.69, 9.17) is 0 Å². The summed E-state index contributed by atoms with van der Waals surface area (Å²) in [5.41, 5.74) is 3.35. The number of hydrogen-bond acceptors (Lipinski definition) is 0. The van der Waals surface area contributed by atoms with Gasteiger partial charge in [0, 0.05) is 28.3 Å². The maximum absolute atomic E-state index is 2.51. The van der Waals surface area contributed by atoms with Crippen LogP contribution in [-0.2, 0) is 31.3 Å².